The quantitative estimate of drug-likeness (QED) is 0.479. The Bertz CT molecular complexity index is 921. The Morgan fingerprint density at radius 2 is 1.66 bits per heavy atom. The molecule has 0 saturated heterocycles. The predicted molar refractivity (Wildman–Crippen MR) is 111 cm³/mol. The third-order valence-electron chi connectivity index (χ3n) is 8.78. The Morgan fingerprint density at radius 1 is 1.06 bits per heavy atom. The SMILES string of the molecule is C=C1C(=O)[C@@]23CC(=O)[C@@H]4C(C)(C)[C@@H](OC(C)=O)[C@@H](OC(C)=O)[C@H](O)[C@@]4(C)[C@@H]2[C@@H](O)C[C@@H]1C3. The molecule has 4 aliphatic rings. The number of carbonyl (C=O) groups excluding carboxylic acids is 4. The van der Waals surface area contributed by atoms with Gasteiger partial charge >= 0.3 is 11.9 Å². The zero-order chi connectivity index (χ0) is 24.0. The zero-order valence-electron chi connectivity index (χ0n) is 19.2. The van der Waals surface area contributed by atoms with Gasteiger partial charge in [-0.25, -0.2) is 0 Å². The van der Waals surface area contributed by atoms with Crippen LogP contribution in [-0.4, -0.2) is 58.1 Å². The topological polar surface area (TPSA) is 127 Å². The first-order chi connectivity index (χ1) is 14.7. The molecular weight excluding hydrogens is 416 g/mol. The van der Waals surface area contributed by atoms with Gasteiger partial charge in [-0.15, -0.1) is 0 Å². The third kappa shape index (κ3) is 2.75. The fourth-order valence-corrected chi connectivity index (χ4v) is 8.06. The number of allylic oxidation sites excluding steroid dienone is 1. The molecule has 8 heteroatoms. The highest BCUT2D eigenvalue weighted by Crippen LogP contribution is 2.70. The van der Waals surface area contributed by atoms with E-state index in [1.165, 1.54) is 13.8 Å². The van der Waals surface area contributed by atoms with Gasteiger partial charge in [0.2, 0.25) is 0 Å². The summed E-state index contributed by atoms with van der Waals surface area (Å²) in [7, 11) is 0. The van der Waals surface area contributed by atoms with Gasteiger partial charge in [0.05, 0.1) is 6.10 Å². The molecule has 4 aliphatic carbocycles. The number of ketones is 2. The first-order valence-electron chi connectivity index (χ1n) is 11.2. The maximum atomic E-state index is 13.7. The lowest BCUT2D eigenvalue weighted by Gasteiger charge is -2.66. The molecule has 0 amide bonds. The molecule has 0 radical (unpaired) electrons. The van der Waals surface area contributed by atoms with Crippen molar-refractivity contribution in [3.8, 4) is 0 Å². The molecule has 1 spiro atoms. The first-order valence-corrected chi connectivity index (χ1v) is 11.2. The molecule has 32 heavy (non-hydrogen) atoms. The summed E-state index contributed by atoms with van der Waals surface area (Å²) in [5, 5.41) is 22.9. The molecule has 0 unspecified atom stereocenters. The largest absolute Gasteiger partial charge is 0.458 e. The molecule has 4 saturated carbocycles. The molecule has 4 rings (SSSR count). The van der Waals surface area contributed by atoms with Crippen molar-refractivity contribution in [2.75, 3.05) is 0 Å². The monoisotopic (exact) mass is 448 g/mol. The summed E-state index contributed by atoms with van der Waals surface area (Å²) in [6, 6.07) is 0. The van der Waals surface area contributed by atoms with Gasteiger partial charge in [-0.1, -0.05) is 27.4 Å². The average molecular weight is 449 g/mol. The Labute approximate surface area is 187 Å². The normalized spacial score (nSPS) is 46.8. The van der Waals surface area contributed by atoms with Crippen LogP contribution in [0.15, 0.2) is 12.2 Å². The summed E-state index contributed by atoms with van der Waals surface area (Å²) in [6.45, 7) is 11.5. The van der Waals surface area contributed by atoms with Crippen LogP contribution in [0.4, 0.5) is 0 Å². The van der Waals surface area contributed by atoms with Crippen molar-refractivity contribution in [3.63, 3.8) is 0 Å². The minimum Gasteiger partial charge on any atom is -0.458 e. The Kier molecular flexibility index (Phi) is 5.03. The summed E-state index contributed by atoms with van der Waals surface area (Å²) < 4.78 is 11.0. The van der Waals surface area contributed by atoms with Crippen molar-refractivity contribution >= 4 is 23.5 Å². The number of ether oxygens (including phenoxy) is 2. The molecule has 0 aliphatic heterocycles. The van der Waals surface area contributed by atoms with Crippen molar-refractivity contribution < 1.29 is 38.9 Å². The van der Waals surface area contributed by atoms with E-state index in [2.05, 4.69) is 6.58 Å². The van der Waals surface area contributed by atoms with Gasteiger partial charge in [0, 0.05) is 48.3 Å². The fraction of sp³-hybridized carbons (Fsp3) is 0.750. The molecule has 0 aromatic heterocycles. The van der Waals surface area contributed by atoms with Gasteiger partial charge in [0.15, 0.2) is 11.9 Å². The molecule has 4 fully saturated rings. The van der Waals surface area contributed by atoms with E-state index in [0.29, 0.717) is 18.4 Å². The number of aliphatic hydroxyl groups excluding tert-OH is 2. The lowest BCUT2D eigenvalue weighted by Crippen LogP contribution is -2.75. The van der Waals surface area contributed by atoms with Crippen LogP contribution in [-0.2, 0) is 28.7 Å². The average Bonchev–Trinajstić information content (AvgIpc) is 2.82. The summed E-state index contributed by atoms with van der Waals surface area (Å²) in [6.07, 6.45) is -4.01. The van der Waals surface area contributed by atoms with Gasteiger partial charge in [-0.2, -0.15) is 0 Å². The molecule has 2 N–H and O–H groups in total. The van der Waals surface area contributed by atoms with Gasteiger partial charge < -0.3 is 19.7 Å². The minimum atomic E-state index is -1.44. The van der Waals surface area contributed by atoms with Crippen LogP contribution in [0.3, 0.4) is 0 Å². The molecule has 0 aromatic rings. The number of hydrogen-bond donors (Lipinski definition) is 2. The predicted octanol–water partition coefficient (Wildman–Crippen LogP) is 1.36. The number of fused-ring (bicyclic) bond motifs is 3. The maximum absolute atomic E-state index is 13.7. The summed E-state index contributed by atoms with van der Waals surface area (Å²) in [4.78, 5) is 51.0. The van der Waals surface area contributed by atoms with E-state index < -0.39 is 64.4 Å². The van der Waals surface area contributed by atoms with Crippen LogP contribution in [0, 0.1) is 34.0 Å². The number of Topliss-reactive ketones (excluding diaryl/α,β-unsaturated/α-hetero) is 2. The van der Waals surface area contributed by atoms with Gasteiger partial charge in [-0.3, -0.25) is 19.2 Å². The summed E-state index contributed by atoms with van der Waals surface area (Å²) in [5.74, 6) is -3.48. The van der Waals surface area contributed by atoms with Crippen LogP contribution in [0.2, 0.25) is 0 Å². The zero-order valence-corrected chi connectivity index (χ0v) is 19.2. The highest BCUT2D eigenvalue weighted by molar-refractivity contribution is 6.06. The Morgan fingerprint density at radius 3 is 2.22 bits per heavy atom. The number of hydrogen-bond acceptors (Lipinski definition) is 8. The van der Waals surface area contributed by atoms with Crippen molar-refractivity contribution in [2.45, 2.75) is 78.3 Å². The summed E-state index contributed by atoms with van der Waals surface area (Å²) in [5.41, 5.74) is -3.03. The van der Waals surface area contributed by atoms with Crippen LogP contribution < -0.4 is 0 Å². The van der Waals surface area contributed by atoms with Gasteiger partial charge in [0.25, 0.3) is 0 Å². The third-order valence-corrected chi connectivity index (χ3v) is 8.78. The van der Waals surface area contributed by atoms with E-state index in [9.17, 15) is 29.4 Å². The van der Waals surface area contributed by atoms with Crippen molar-refractivity contribution in [3.05, 3.63) is 12.2 Å². The molecule has 0 aromatic carbocycles. The molecule has 2 bridgehead atoms. The first kappa shape index (κ1) is 23.1. The van der Waals surface area contributed by atoms with Gasteiger partial charge in [-0.05, 0) is 24.3 Å². The van der Waals surface area contributed by atoms with Crippen molar-refractivity contribution in [1.29, 1.82) is 0 Å². The van der Waals surface area contributed by atoms with E-state index in [-0.39, 0.29) is 23.9 Å². The highest BCUT2D eigenvalue weighted by atomic mass is 16.6. The van der Waals surface area contributed by atoms with Crippen LogP contribution in [0.25, 0.3) is 0 Å². The highest BCUT2D eigenvalue weighted by Gasteiger charge is 2.76. The molecule has 9 atom stereocenters. The van der Waals surface area contributed by atoms with Crippen molar-refractivity contribution in [2.24, 2.45) is 34.0 Å². The Balaban J connectivity index is 1.92. The minimum absolute atomic E-state index is 0.0511. The van der Waals surface area contributed by atoms with Crippen LogP contribution in [0.5, 0.6) is 0 Å². The van der Waals surface area contributed by atoms with E-state index in [1.807, 2.05) is 0 Å². The van der Waals surface area contributed by atoms with Crippen LogP contribution in [0.1, 0.15) is 53.9 Å². The molecule has 8 nitrogen and oxygen atoms in total. The number of aliphatic hydroxyl groups is 2. The number of rotatable bonds is 2. The van der Waals surface area contributed by atoms with Crippen molar-refractivity contribution in [1.82, 2.24) is 0 Å². The second kappa shape index (κ2) is 6.97. The maximum Gasteiger partial charge on any atom is 0.303 e. The standard InChI is InChI=1S/C24H32O8/c1-10-13-7-14(27)18-23(6)17(15(28)9-24(18,8-13)19(10)29)22(4,5)21(32-12(3)26)16(20(23)30)31-11(2)25/h13-14,16-18,20-21,27,30H,1,7-9H2,2-6H3/t13-,14+,16+,17-,18+,20+,21+,23-,24+/m1/s1. The van der Waals surface area contributed by atoms with E-state index in [4.69, 9.17) is 9.47 Å². The fourth-order valence-electron chi connectivity index (χ4n) is 8.06. The molecule has 0 heterocycles. The molecule has 176 valence electrons. The second-order valence-electron chi connectivity index (χ2n) is 11.0. The van der Waals surface area contributed by atoms with E-state index in [1.54, 1.807) is 20.8 Å². The number of esters is 2. The van der Waals surface area contributed by atoms with Gasteiger partial charge in [0.1, 0.15) is 18.0 Å². The smallest absolute Gasteiger partial charge is 0.303 e. The van der Waals surface area contributed by atoms with E-state index >= 15 is 0 Å². The lowest BCUT2D eigenvalue weighted by atomic mass is 9.38. The van der Waals surface area contributed by atoms with Crippen LogP contribution >= 0.6 is 0 Å². The lowest BCUT2D eigenvalue weighted by molar-refractivity contribution is -0.276. The second-order valence-corrected chi connectivity index (χ2v) is 11.0. The summed E-state index contributed by atoms with van der Waals surface area (Å²) >= 11 is 0. The van der Waals surface area contributed by atoms with E-state index in [0.717, 1.165) is 0 Å². The Hall–Kier alpha value is -2.06. The number of carbonyl (C=O) groups is 4. The molecular formula is C24H32O8.